The van der Waals surface area contributed by atoms with Crippen molar-refractivity contribution < 1.29 is 23.9 Å². The summed E-state index contributed by atoms with van der Waals surface area (Å²) in [6, 6.07) is 3.65. The Hall–Kier alpha value is -3.62. The molecule has 2 aromatic rings. The second-order valence-electron chi connectivity index (χ2n) is 6.26. The lowest BCUT2D eigenvalue weighted by Gasteiger charge is -2.28. The zero-order valence-electron chi connectivity index (χ0n) is 15.2. The van der Waals surface area contributed by atoms with E-state index in [1.54, 1.807) is 36.4 Å². The molecule has 2 aromatic heterocycles. The van der Waals surface area contributed by atoms with Gasteiger partial charge in [-0.15, -0.1) is 0 Å². The number of esters is 1. The SMILES string of the molecule is CCOC(=O)C1=C(N2CCNC(=O)C2)O/C(=C\c2c[nH]c3ncccc23)C1=O. The van der Waals surface area contributed by atoms with Crippen LogP contribution in [0.4, 0.5) is 0 Å². The number of piperazine rings is 1. The predicted octanol–water partition coefficient (Wildman–Crippen LogP) is 0.710. The summed E-state index contributed by atoms with van der Waals surface area (Å²) < 4.78 is 10.8. The lowest BCUT2D eigenvalue weighted by molar-refractivity contribution is -0.140. The van der Waals surface area contributed by atoms with Gasteiger partial charge in [-0.1, -0.05) is 0 Å². The summed E-state index contributed by atoms with van der Waals surface area (Å²) in [5.41, 5.74) is 1.18. The van der Waals surface area contributed by atoms with E-state index in [9.17, 15) is 14.4 Å². The molecule has 0 aliphatic carbocycles. The van der Waals surface area contributed by atoms with Crippen LogP contribution in [0.5, 0.6) is 0 Å². The minimum atomic E-state index is -0.766. The first-order valence-corrected chi connectivity index (χ1v) is 8.88. The van der Waals surface area contributed by atoms with Gasteiger partial charge in [-0.25, -0.2) is 9.78 Å². The maximum atomic E-state index is 12.9. The summed E-state index contributed by atoms with van der Waals surface area (Å²) in [4.78, 5) is 45.9. The molecule has 2 N–H and O–H groups in total. The smallest absolute Gasteiger partial charge is 0.347 e. The molecule has 4 heterocycles. The third-order valence-corrected chi connectivity index (χ3v) is 4.45. The van der Waals surface area contributed by atoms with Crippen LogP contribution in [0.2, 0.25) is 0 Å². The second kappa shape index (κ2) is 7.18. The molecule has 0 saturated carbocycles. The number of hydrogen-bond donors (Lipinski definition) is 2. The maximum absolute atomic E-state index is 12.9. The van der Waals surface area contributed by atoms with Gasteiger partial charge in [-0.2, -0.15) is 0 Å². The number of pyridine rings is 1. The van der Waals surface area contributed by atoms with Crippen LogP contribution in [0.1, 0.15) is 12.5 Å². The number of carbonyl (C=O) groups excluding carboxylic acids is 3. The van der Waals surface area contributed by atoms with Crippen LogP contribution in [0.3, 0.4) is 0 Å². The number of ether oxygens (including phenoxy) is 2. The van der Waals surface area contributed by atoms with Crippen LogP contribution >= 0.6 is 0 Å². The number of nitrogens with zero attached hydrogens (tertiary/aromatic N) is 2. The molecule has 0 spiro atoms. The number of amides is 1. The number of rotatable bonds is 4. The predicted molar refractivity (Wildman–Crippen MR) is 98.4 cm³/mol. The quantitative estimate of drug-likeness (QED) is 0.455. The molecule has 0 aromatic carbocycles. The molecule has 28 heavy (non-hydrogen) atoms. The van der Waals surface area contributed by atoms with Gasteiger partial charge in [0.05, 0.1) is 13.2 Å². The lowest BCUT2D eigenvalue weighted by Crippen LogP contribution is -2.47. The number of H-pyrrole nitrogens is 1. The van der Waals surface area contributed by atoms with E-state index in [2.05, 4.69) is 15.3 Å². The molecule has 0 atom stereocenters. The highest BCUT2D eigenvalue weighted by Gasteiger charge is 2.40. The fourth-order valence-corrected chi connectivity index (χ4v) is 3.17. The molecule has 9 heteroatoms. The fraction of sp³-hybridized carbons (Fsp3) is 0.263. The zero-order valence-corrected chi connectivity index (χ0v) is 15.2. The van der Waals surface area contributed by atoms with Crippen LogP contribution in [0, 0.1) is 0 Å². The standard InChI is InChI=1S/C19H18N4O5/c1-2-27-19(26)15-16(25)13(28-18(15)23-7-6-20-14(24)10-23)8-11-9-22-17-12(11)4-3-5-21-17/h3-5,8-9H,2,6-7,10H2,1H3,(H,20,24)(H,21,22)/b13-8-. The topological polar surface area (TPSA) is 114 Å². The van der Waals surface area contributed by atoms with E-state index >= 15 is 0 Å². The minimum Gasteiger partial charge on any atom is -0.462 e. The number of hydrogen-bond acceptors (Lipinski definition) is 7. The van der Waals surface area contributed by atoms with Gasteiger partial charge >= 0.3 is 5.97 Å². The summed E-state index contributed by atoms with van der Waals surface area (Å²) in [5.74, 6) is -1.50. The van der Waals surface area contributed by atoms with Crippen LogP contribution in [0.15, 0.2) is 41.7 Å². The van der Waals surface area contributed by atoms with E-state index in [0.29, 0.717) is 24.3 Å². The molecule has 4 rings (SSSR count). The number of carbonyl (C=O) groups is 3. The van der Waals surface area contributed by atoms with Crippen molar-refractivity contribution in [2.75, 3.05) is 26.2 Å². The van der Waals surface area contributed by atoms with E-state index in [4.69, 9.17) is 9.47 Å². The number of nitrogens with one attached hydrogen (secondary N) is 2. The lowest BCUT2D eigenvalue weighted by atomic mass is 10.1. The molecular weight excluding hydrogens is 364 g/mol. The average Bonchev–Trinajstić information content (AvgIpc) is 3.24. The third kappa shape index (κ3) is 3.11. The van der Waals surface area contributed by atoms with Crippen LogP contribution in [0.25, 0.3) is 17.1 Å². The number of allylic oxidation sites excluding steroid dienone is 1. The van der Waals surface area contributed by atoms with Gasteiger partial charge in [0.15, 0.2) is 11.3 Å². The van der Waals surface area contributed by atoms with Gasteiger partial charge < -0.3 is 24.7 Å². The maximum Gasteiger partial charge on any atom is 0.347 e. The van der Waals surface area contributed by atoms with Crippen molar-refractivity contribution in [3.63, 3.8) is 0 Å². The number of aromatic amines is 1. The number of fused-ring (bicyclic) bond motifs is 1. The highest BCUT2D eigenvalue weighted by Crippen LogP contribution is 2.31. The van der Waals surface area contributed by atoms with E-state index in [-0.39, 0.29) is 36.3 Å². The molecule has 0 radical (unpaired) electrons. The Labute approximate surface area is 160 Å². The van der Waals surface area contributed by atoms with Crippen molar-refractivity contribution in [3.05, 3.63) is 47.3 Å². The van der Waals surface area contributed by atoms with Crippen molar-refractivity contribution in [1.29, 1.82) is 0 Å². The van der Waals surface area contributed by atoms with Gasteiger partial charge in [-0.05, 0) is 25.1 Å². The van der Waals surface area contributed by atoms with Gasteiger partial charge in [0.1, 0.15) is 5.65 Å². The van der Waals surface area contributed by atoms with Crippen molar-refractivity contribution in [3.8, 4) is 0 Å². The summed E-state index contributed by atoms with van der Waals surface area (Å²) in [6.45, 7) is 2.58. The molecule has 144 valence electrons. The highest BCUT2D eigenvalue weighted by molar-refractivity contribution is 6.26. The molecule has 1 fully saturated rings. The summed E-state index contributed by atoms with van der Waals surface area (Å²) in [7, 11) is 0. The Morgan fingerprint density at radius 3 is 3.07 bits per heavy atom. The van der Waals surface area contributed by atoms with Gasteiger partial charge in [-0.3, -0.25) is 9.59 Å². The molecule has 1 amide bonds. The van der Waals surface area contributed by atoms with Crippen molar-refractivity contribution in [2.45, 2.75) is 6.92 Å². The Morgan fingerprint density at radius 1 is 1.43 bits per heavy atom. The van der Waals surface area contributed by atoms with Gasteiger partial charge in [0.25, 0.3) is 0 Å². The minimum absolute atomic E-state index is 0.00416. The van der Waals surface area contributed by atoms with Crippen LogP contribution in [-0.2, 0) is 23.9 Å². The third-order valence-electron chi connectivity index (χ3n) is 4.45. The highest BCUT2D eigenvalue weighted by atomic mass is 16.5. The Morgan fingerprint density at radius 2 is 2.29 bits per heavy atom. The van der Waals surface area contributed by atoms with E-state index in [0.717, 1.165) is 5.39 Å². The summed E-state index contributed by atoms with van der Waals surface area (Å²) >= 11 is 0. The first kappa shape index (κ1) is 17.8. The van der Waals surface area contributed by atoms with Gasteiger partial charge in [0, 0.05) is 36.4 Å². The molecule has 2 aliphatic heterocycles. The molecule has 9 nitrogen and oxygen atoms in total. The molecule has 0 unspecified atom stereocenters. The van der Waals surface area contributed by atoms with Crippen LogP contribution < -0.4 is 5.32 Å². The molecule has 2 aliphatic rings. The summed E-state index contributed by atoms with van der Waals surface area (Å²) in [5, 5.41) is 3.51. The average molecular weight is 382 g/mol. The van der Waals surface area contributed by atoms with Crippen molar-refractivity contribution >= 4 is 34.8 Å². The van der Waals surface area contributed by atoms with E-state index < -0.39 is 11.8 Å². The normalized spacial score (nSPS) is 18.6. The zero-order chi connectivity index (χ0) is 19.7. The number of Topliss-reactive ketones (excluding diaryl/α,β-unsaturated/α-hetero) is 1. The molecular formula is C19H18N4O5. The Bertz CT molecular complexity index is 1040. The largest absolute Gasteiger partial charge is 0.462 e. The first-order chi connectivity index (χ1) is 13.6. The number of ketones is 1. The first-order valence-electron chi connectivity index (χ1n) is 8.88. The number of aromatic nitrogens is 2. The fourth-order valence-electron chi connectivity index (χ4n) is 3.17. The summed E-state index contributed by atoms with van der Waals surface area (Å²) in [6.07, 6.45) is 4.92. The van der Waals surface area contributed by atoms with E-state index in [1.807, 2.05) is 6.07 Å². The Kier molecular flexibility index (Phi) is 4.56. The monoisotopic (exact) mass is 382 g/mol. The van der Waals surface area contributed by atoms with Crippen molar-refractivity contribution in [2.24, 2.45) is 0 Å². The van der Waals surface area contributed by atoms with E-state index in [1.165, 1.54) is 0 Å². The molecule has 0 bridgehead atoms. The Balaban J connectivity index is 1.72. The van der Waals surface area contributed by atoms with Crippen LogP contribution in [-0.4, -0.2) is 58.8 Å². The van der Waals surface area contributed by atoms with Crippen molar-refractivity contribution in [1.82, 2.24) is 20.2 Å². The van der Waals surface area contributed by atoms with Gasteiger partial charge in [0.2, 0.25) is 17.6 Å². The second-order valence-corrected chi connectivity index (χ2v) is 6.26. The molecule has 1 saturated heterocycles.